The lowest BCUT2D eigenvalue weighted by atomic mass is 9.81. The third-order valence-corrected chi connectivity index (χ3v) is 4.52. The highest BCUT2D eigenvalue weighted by Gasteiger charge is 2.37. The SMILES string of the molecule is CCC1(N2CCC[C@H](C)C2)CCNCC1. The molecule has 15 heavy (non-hydrogen) atoms. The number of hydrogen-bond acceptors (Lipinski definition) is 2. The lowest BCUT2D eigenvalue weighted by Gasteiger charge is -2.49. The molecule has 2 fully saturated rings. The van der Waals surface area contributed by atoms with Gasteiger partial charge in [0.25, 0.3) is 0 Å². The average molecular weight is 210 g/mol. The van der Waals surface area contributed by atoms with Gasteiger partial charge in [0.2, 0.25) is 0 Å². The van der Waals surface area contributed by atoms with Crippen LogP contribution in [0.4, 0.5) is 0 Å². The molecule has 0 spiro atoms. The maximum Gasteiger partial charge on any atom is 0.0231 e. The minimum absolute atomic E-state index is 0.542. The van der Waals surface area contributed by atoms with E-state index in [0.29, 0.717) is 5.54 Å². The summed E-state index contributed by atoms with van der Waals surface area (Å²) in [5.41, 5.74) is 0.542. The van der Waals surface area contributed by atoms with Gasteiger partial charge in [-0.3, -0.25) is 4.90 Å². The quantitative estimate of drug-likeness (QED) is 0.752. The molecule has 2 nitrogen and oxygen atoms in total. The topological polar surface area (TPSA) is 15.3 Å². The van der Waals surface area contributed by atoms with Gasteiger partial charge in [0, 0.05) is 12.1 Å². The van der Waals surface area contributed by atoms with Crippen LogP contribution < -0.4 is 5.32 Å². The van der Waals surface area contributed by atoms with Gasteiger partial charge in [-0.05, 0) is 57.7 Å². The molecule has 2 saturated heterocycles. The van der Waals surface area contributed by atoms with Crippen LogP contribution in [0.2, 0.25) is 0 Å². The Morgan fingerprint density at radius 2 is 2.07 bits per heavy atom. The first-order chi connectivity index (χ1) is 7.27. The minimum atomic E-state index is 0.542. The van der Waals surface area contributed by atoms with Crippen LogP contribution in [-0.4, -0.2) is 36.6 Å². The van der Waals surface area contributed by atoms with Gasteiger partial charge in [0.05, 0.1) is 0 Å². The molecule has 0 aliphatic carbocycles. The van der Waals surface area contributed by atoms with Crippen molar-refractivity contribution in [1.29, 1.82) is 0 Å². The Morgan fingerprint density at radius 1 is 1.33 bits per heavy atom. The van der Waals surface area contributed by atoms with Crippen LogP contribution in [-0.2, 0) is 0 Å². The second-order valence-electron chi connectivity index (χ2n) is 5.52. The van der Waals surface area contributed by atoms with Crippen molar-refractivity contribution in [2.24, 2.45) is 5.92 Å². The van der Waals surface area contributed by atoms with E-state index in [1.165, 1.54) is 58.3 Å². The third-order valence-electron chi connectivity index (χ3n) is 4.52. The maximum atomic E-state index is 3.50. The summed E-state index contributed by atoms with van der Waals surface area (Å²) in [5.74, 6) is 0.914. The van der Waals surface area contributed by atoms with Gasteiger partial charge in [-0.25, -0.2) is 0 Å². The molecule has 0 aromatic rings. The van der Waals surface area contributed by atoms with Crippen molar-refractivity contribution in [3.05, 3.63) is 0 Å². The summed E-state index contributed by atoms with van der Waals surface area (Å²) in [4.78, 5) is 2.81. The fraction of sp³-hybridized carbons (Fsp3) is 1.00. The van der Waals surface area contributed by atoms with E-state index in [1.54, 1.807) is 0 Å². The molecule has 2 heterocycles. The largest absolute Gasteiger partial charge is 0.317 e. The highest BCUT2D eigenvalue weighted by molar-refractivity contribution is 4.95. The summed E-state index contributed by atoms with van der Waals surface area (Å²) in [6.07, 6.45) is 6.90. The first-order valence-electron chi connectivity index (χ1n) is 6.72. The molecule has 2 aliphatic rings. The van der Waals surface area contributed by atoms with Gasteiger partial charge in [0.15, 0.2) is 0 Å². The Bertz CT molecular complexity index is 197. The van der Waals surface area contributed by atoms with Crippen LogP contribution in [0.3, 0.4) is 0 Å². The molecule has 0 aromatic carbocycles. The molecular weight excluding hydrogens is 184 g/mol. The van der Waals surface area contributed by atoms with Crippen LogP contribution in [0.25, 0.3) is 0 Å². The van der Waals surface area contributed by atoms with Crippen LogP contribution >= 0.6 is 0 Å². The van der Waals surface area contributed by atoms with Crippen molar-refractivity contribution in [3.8, 4) is 0 Å². The molecule has 0 aromatic heterocycles. The van der Waals surface area contributed by atoms with Crippen molar-refractivity contribution < 1.29 is 0 Å². The fourth-order valence-corrected chi connectivity index (χ4v) is 3.41. The normalized spacial score (nSPS) is 32.8. The van der Waals surface area contributed by atoms with Crippen molar-refractivity contribution in [3.63, 3.8) is 0 Å². The maximum absolute atomic E-state index is 3.50. The molecule has 0 saturated carbocycles. The Balaban J connectivity index is 2.03. The molecule has 0 unspecified atom stereocenters. The first-order valence-corrected chi connectivity index (χ1v) is 6.72. The molecule has 2 heteroatoms. The Hall–Kier alpha value is -0.0800. The van der Waals surface area contributed by atoms with Crippen LogP contribution in [0.1, 0.15) is 46.0 Å². The zero-order valence-electron chi connectivity index (χ0n) is 10.4. The second-order valence-corrected chi connectivity index (χ2v) is 5.52. The standard InChI is InChI=1S/C13H26N2/c1-3-13(6-8-14-9-7-13)15-10-4-5-12(2)11-15/h12,14H,3-11H2,1-2H3/t12-/m0/s1. The summed E-state index contributed by atoms with van der Waals surface area (Å²) in [7, 11) is 0. The number of nitrogens with zero attached hydrogens (tertiary/aromatic N) is 1. The van der Waals surface area contributed by atoms with E-state index in [1.807, 2.05) is 0 Å². The van der Waals surface area contributed by atoms with Gasteiger partial charge < -0.3 is 5.32 Å². The predicted octanol–water partition coefficient (Wildman–Crippen LogP) is 2.25. The number of hydrogen-bond donors (Lipinski definition) is 1. The van der Waals surface area contributed by atoms with E-state index in [9.17, 15) is 0 Å². The summed E-state index contributed by atoms with van der Waals surface area (Å²) >= 11 is 0. The van der Waals surface area contributed by atoms with E-state index in [0.717, 1.165) is 5.92 Å². The molecule has 2 rings (SSSR count). The van der Waals surface area contributed by atoms with Gasteiger partial charge in [0.1, 0.15) is 0 Å². The molecule has 2 aliphatic heterocycles. The second kappa shape index (κ2) is 4.84. The molecule has 0 amide bonds. The molecule has 1 N–H and O–H groups in total. The fourth-order valence-electron chi connectivity index (χ4n) is 3.41. The minimum Gasteiger partial charge on any atom is -0.317 e. The Morgan fingerprint density at radius 3 is 2.67 bits per heavy atom. The summed E-state index contributed by atoms with van der Waals surface area (Å²) < 4.78 is 0. The highest BCUT2D eigenvalue weighted by atomic mass is 15.2. The van der Waals surface area contributed by atoms with Crippen LogP contribution in [0.15, 0.2) is 0 Å². The first kappa shape index (κ1) is 11.4. The average Bonchev–Trinajstić information content (AvgIpc) is 2.30. The van der Waals surface area contributed by atoms with Crippen molar-refractivity contribution in [1.82, 2.24) is 10.2 Å². The lowest BCUT2D eigenvalue weighted by Crippen LogP contribution is -2.56. The highest BCUT2D eigenvalue weighted by Crippen LogP contribution is 2.33. The van der Waals surface area contributed by atoms with Crippen LogP contribution in [0, 0.1) is 5.92 Å². The molecule has 0 bridgehead atoms. The zero-order chi connectivity index (χ0) is 10.7. The summed E-state index contributed by atoms with van der Waals surface area (Å²) in [6, 6.07) is 0. The van der Waals surface area contributed by atoms with E-state index < -0.39 is 0 Å². The number of piperidine rings is 2. The van der Waals surface area contributed by atoms with Crippen molar-refractivity contribution in [2.45, 2.75) is 51.5 Å². The smallest absolute Gasteiger partial charge is 0.0231 e. The van der Waals surface area contributed by atoms with E-state index in [2.05, 4.69) is 24.1 Å². The summed E-state index contributed by atoms with van der Waals surface area (Å²) in [5, 5.41) is 3.50. The predicted molar refractivity (Wildman–Crippen MR) is 65.1 cm³/mol. The van der Waals surface area contributed by atoms with Gasteiger partial charge in [-0.1, -0.05) is 13.8 Å². The van der Waals surface area contributed by atoms with E-state index in [-0.39, 0.29) is 0 Å². The Labute approximate surface area is 94.4 Å². The number of likely N-dealkylation sites (tertiary alicyclic amines) is 1. The number of nitrogens with one attached hydrogen (secondary N) is 1. The molecule has 1 atom stereocenters. The number of rotatable bonds is 2. The Kier molecular flexibility index (Phi) is 3.68. The van der Waals surface area contributed by atoms with Crippen molar-refractivity contribution in [2.75, 3.05) is 26.2 Å². The molecular formula is C13H26N2. The lowest BCUT2D eigenvalue weighted by molar-refractivity contribution is 0.0193. The molecule has 88 valence electrons. The molecule has 0 radical (unpaired) electrons. The third kappa shape index (κ3) is 2.36. The van der Waals surface area contributed by atoms with E-state index >= 15 is 0 Å². The van der Waals surface area contributed by atoms with Crippen molar-refractivity contribution >= 4 is 0 Å². The van der Waals surface area contributed by atoms with Gasteiger partial charge in [-0.2, -0.15) is 0 Å². The van der Waals surface area contributed by atoms with E-state index in [4.69, 9.17) is 0 Å². The monoisotopic (exact) mass is 210 g/mol. The van der Waals surface area contributed by atoms with Crippen LogP contribution in [0.5, 0.6) is 0 Å². The summed E-state index contributed by atoms with van der Waals surface area (Å²) in [6.45, 7) is 9.92. The van der Waals surface area contributed by atoms with Gasteiger partial charge in [-0.15, -0.1) is 0 Å². The van der Waals surface area contributed by atoms with Gasteiger partial charge >= 0.3 is 0 Å². The zero-order valence-corrected chi connectivity index (χ0v) is 10.4.